The maximum Gasteiger partial charge on any atom is 0.249 e. The van der Waals surface area contributed by atoms with E-state index in [-0.39, 0.29) is 12.0 Å². The highest BCUT2D eigenvalue weighted by molar-refractivity contribution is 5.30. The highest BCUT2D eigenvalue weighted by Gasteiger charge is 2.63. The van der Waals surface area contributed by atoms with E-state index in [0.717, 1.165) is 11.1 Å². The van der Waals surface area contributed by atoms with Crippen LogP contribution in [-0.2, 0) is 9.47 Å². The molecule has 21 heavy (non-hydrogen) atoms. The first-order valence-corrected chi connectivity index (χ1v) is 7.11. The molecule has 2 aliphatic heterocycles. The van der Waals surface area contributed by atoms with Crippen LogP contribution >= 0.6 is 0 Å². The van der Waals surface area contributed by atoms with Crippen LogP contribution in [0.2, 0.25) is 0 Å². The zero-order valence-corrected chi connectivity index (χ0v) is 11.4. The summed E-state index contributed by atoms with van der Waals surface area (Å²) in [6.07, 6.45) is 2.74. The van der Waals surface area contributed by atoms with Crippen molar-refractivity contribution >= 4 is 0 Å². The van der Waals surface area contributed by atoms with Gasteiger partial charge in [-0.05, 0) is 17.2 Å². The van der Waals surface area contributed by atoms with Crippen molar-refractivity contribution in [1.29, 1.82) is 0 Å². The third-order valence-electron chi connectivity index (χ3n) is 4.26. The predicted octanol–water partition coefficient (Wildman–Crippen LogP) is 3.35. The van der Waals surface area contributed by atoms with Crippen molar-refractivity contribution in [2.45, 2.75) is 18.0 Å². The monoisotopic (exact) mass is 280 g/mol. The highest BCUT2D eigenvalue weighted by Crippen LogP contribution is 2.58. The van der Waals surface area contributed by atoms with Crippen LogP contribution in [0.5, 0.6) is 0 Å². The van der Waals surface area contributed by atoms with Crippen molar-refractivity contribution < 1.29 is 14.6 Å². The van der Waals surface area contributed by atoms with E-state index in [4.69, 9.17) is 9.47 Å². The Balaban J connectivity index is 1.62. The minimum absolute atomic E-state index is 0.0232. The second kappa shape index (κ2) is 4.72. The van der Waals surface area contributed by atoms with Crippen LogP contribution in [0.15, 0.2) is 73.0 Å². The van der Waals surface area contributed by atoms with E-state index in [2.05, 4.69) is 0 Å². The summed E-state index contributed by atoms with van der Waals surface area (Å²) in [5.74, 6) is -0.961. The standard InChI is InChI=1S/C18H16O3/c19-17(14-9-5-2-6-10-14)18-15(11-12-20-18)16(21-18)13-7-3-1-4-8-13/h1-12,15-17,19H/t15-,16+,17-,18-/m0/s1. The van der Waals surface area contributed by atoms with Crippen molar-refractivity contribution in [3.63, 3.8) is 0 Å². The fourth-order valence-corrected chi connectivity index (χ4v) is 3.16. The molecule has 4 atom stereocenters. The first-order valence-electron chi connectivity index (χ1n) is 7.11. The third-order valence-corrected chi connectivity index (χ3v) is 4.26. The predicted molar refractivity (Wildman–Crippen MR) is 78.1 cm³/mol. The summed E-state index contributed by atoms with van der Waals surface area (Å²) in [7, 11) is 0. The molecule has 2 heterocycles. The number of hydrogen-bond donors (Lipinski definition) is 1. The molecule has 0 saturated carbocycles. The second-order valence-electron chi connectivity index (χ2n) is 5.46. The topological polar surface area (TPSA) is 38.7 Å². The van der Waals surface area contributed by atoms with Crippen molar-refractivity contribution in [2.24, 2.45) is 5.92 Å². The van der Waals surface area contributed by atoms with Gasteiger partial charge in [0.1, 0.15) is 6.10 Å². The summed E-state index contributed by atoms with van der Waals surface area (Å²) >= 11 is 0. The number of benzene rings is 2. The Hall–Kier alpha value is -2.10. The van der Waals surface area contributed by atoms with Crippen molar-refractivity contribution in [3.05, 3.63) is 84.1 Å². The molecule has 106 valence electrons. The van der Waals surface area contributed by atoms with E-state index in [1.807, 2.05) is 66.7 Å². The quantitative estimate of drug-likeness (QED) is 0.937. The van der Waals surface area contributed by atoms with E-state index in [1.54, 1.807) is 6.26 Å². The molecule has 3 heteroatoms. The zero-order chi connectivity index (χ0) is 14.3. The van der Waals surface area contributed by atoms with Crippen LogP contribution in [0.1, 0.15) is 23.3 Å². The molecule has 2 aromatic rings. The van der Waals surface area contributed by atoms with Gasteiger partial charge in [-0.25, -0.2) is 0 Å². The summed E-state index contributed by atoms with van der Waals surface area (Å²) in [4.78, 5) is 0. The van der Waals surface area contributed by atoms with Gasteiger partial charge >= 0.3 is 0 Å². The summed E-state index contributed by atoms with van der Waals surface area (Å²) < 4.78 is 11.7. The van der Waals surface area contributed by atoms with Crippen molar-refractivity contribution in [3.8, 4) is 0 Å². The molecule has 0 spiro atoms. The van der Waals surface area contributed by atoms with Crippen LogP contribution in [0.4, 0.5) is 0 Å². The SMILES string of the molecule is O[C@@H](c1ccccc1)[C@]12OC=C[C@H]1[C@@H](c1ccccc1)O2. The summed E-state index contributed by atoms with van der Waals surface area (Å²) in [6.45, 7) is 0. The Bertz CT molecular complexity index is 653. The molecule has 0 amide bonds. The summed E-state index contributed by atoms with van der Waals surface area (Å²) in [5, 5.41) is 10.7. The molecule has 0 aromatic heterocycles. The van der Waals surface area contributed by atoms with Crippen molar-refractivity contribution in [1.82, 2.24) is 0 Å². The van der Waals surface area contributed by atoms with Gasteiger partial charge in [0.15, 0.2) is 0 Å². The molecule has 0 radical (unpaired) electrons. The molecule has 4 rings (SSSR count). The Labute approximate surface area is 123 Å². The Kier molecular flexibility index (Phi) is 2.84. The largest absolute Gasteiger partial charge is 0.466 e. The summed E-state index contributed by atoms with van der Waals surface area (Å²) in [6, 6.07) is 19.5. The molecule has 3 nitrogen and oxygen atoms in total. The molecule has 0 aliphatic carbocycles. The lowest BCUT2D eigenvalue weighted by atomic mass is 9.78. The molecule has 0 unspecified atom stereocenters. The molecule has 2 aromatic carbocycles. The van der Waals surface area contributed by atoms with Gasteiger partial charge in [0.2, 0.25) is 5.79 Å². The van der Waals surface area contributed by atoms with Crippen LogP contribution in [0.25, 0.3) is 0 Å². The van der Waals surface area contributed by atoms with Gasteiger partial charge in [-0.15, -0.1) is 0 Å². The van der Waals surface area contributed by atoms with Gasteiger partial charge in [-0.3, -0.25) is 0 Å². The number of hydrogen-bond acceptors (Lipinski definition) is 3. The zero-order valence-electron chi connectivity index (χ0n) is 11.4. The smallest absolute Gasteiger partial charge is 0.249 e. The minimum Gasteiger partial charge on any atom is -0.466 e. The Morgan fingerprint density at radius 2 is 1.62 bits per heavy atom. The lowest BCUT2D eigenvalue weighted by molar-refractivity contribution is -0.381. The van der Waals surface area contributed by atoms with E-state index >= 15 is 0 Å². The van der Waals surface area contributed by atoms with Gasteiger partial charge < -0.3 is 14.6 Å². The van der Waals surface area contributed by atoms with Crippen LogP contribution in [-0.4, -0.2) is 10.9 Å². The van der Waals surface area contributed by atoms with Gasteiger partial charge in [-0.2, -0.15) is 0 Å². The normalized spacial score (nSPS) is 31.1. The Morgan fingerprint density at radius 1 is 0.952 bits per heavy atom. The minimum atomic E-state index is -0.984. The Morgan fingerprint density at radius 3 is 2.33 bits per heavy atom. The first-order chi connectivity index (χ1) is 10.3. The molecule has 2 aliphatic rings. The lowest BCUT2D eigenvalue weighted by Gasteiger charge is -2.51. The van der Waals surface area contributed by atoms with Gasteiger partial charge in [0, 0.05) is 0 Å². The molecule has 0 bridgehead atoms. The lowest BCUT2D eigenvalue weighted by Crippen LogP contribution is -2.57. The molecular weight excluding hydrogens is 264 g/mol. The molecule has 1 fully saturated rings. The third kappa shape index (κ3) is 1.82. The maximum atomic E-state index is 10.7. The fraction of sp³-hybridized carbons (Fsp3) is 0.222. The average molecular weight is 280 g/mol. The number of aliphatic hydroxyl groups is 1. The fourth-order valence-electron chi connectivity index (χ4n) is 3.16. The number of rotatable bonds is 3. The van der Waals surface area contributed by atoms with E-state index < -0.39 is 11.9 Å². The number of aliphatic hydroxyl groups excluding tert-OH is 1. The molecule has 1 saturated heterocycles. The van der Waals surface area contributed by atoms with Crippen LogP contribution in [0.3, 0.4) is 0 Å². The second-order valence-corrected chi connectivity index (χ2v) is 5.46. The van der Waals surface area contributed by atoms with E-state index in [0.29, 0.717) is 0 Å². The number of fused-ring (bicyclic) bond motifs is 1. The van der Waals surface area contributed by atoms with Crippen LogP contribution < -0.4 is 0 Å². The number of ether oxygens (including phenoxy) is 2. The molecular formula is C18H16O3. The van der Waals surface area contributed by atoms with Gasteiger partial charge in [0.05, 0.1) is 18.3 Å². The maximum absolute atomic E-state index is 10.7. The van der Waals surface area contributed by atoms with Crippen LogP contribution in [0, 0.1) is 5.92 Å². The van der Waals surface area contributed by atoms with E-state index in [1.165, 1.54) is 0 Å². The first kappa shape index (κ1) is 12.6. The highest BCUT2D eigenvalue weighted by atomic mass is 16.7. The van der Waals surface area contributed by atoms with Gasteiger partial charge in [-0.1, -0.05) is 60.7 Å². The van der Waals surface area contributed by atoms with Crippen molar-refractivity contribution in [2.75, 3.05) is 0 Å². The van der Waals surface area contributed by atoms with E-state index in [9.17, 15) is 5.11 Å². The summed E-state index contributed by atoms with van der Waals surface area (Å²) in [5.41, 5.74) is 1.91. The van der Waals surface area contributed by atoms with Gasteiger partial charge in [0.25, 0.3) is 0 Å². The molecule has 1 N–H and O–H groups in total. The average Bonchev–Trinajstić information content (AvgIpc) is 2.86.